The van der Waals surface area contributed by atoms with Gasteiger partial charge in [-0.25, -0.2) is 9.97 Å². The SMILES string of the molecule is CN1CCN(c2ccnc3nc(-c4n[nH]c5ccc(-c6cncc(NC(O)C7CCC7)c6)cc45)[nH]c23)CC1. The van der Waals surface area contributed by atoms with E-state index in [0.29, 0.717) is 17.4 Å². The van der Waals surface area contributed by atoms with Crippen molar-refractivity contribution in [1.82, 2.24) is 35.0 Å². The predicted molar refractivity (Wildman–Crippen MR) is 149 cm³/mol. The Balaban J connectivity index is 1.22. The van der Waals surface area contributed by atoms with E-state index in [2.05, 4.69) is 65.5 Å². The molecule has 1 aromatic carbocycles. The van der Waals surface area contributed by atoms with Crippen molar-refractivity contribution in [2.24, 2.45) is 5.92 Å². The van der Waals surface area contributed by atoms with E-state index < -0.39 is 6.23 Å². The summed E-state index contributed by atoms with van der Waals surface area (Å²) in [5, 5.41) is 22.4. The van der Waals surface area contributed by atoms with E-state index in [4.69, 9.17) is 4.98 Å². The minimum Gasteiger partial charge on any atom is -0.374 e. The predicted octanol–water partition coefficient (Wildman–Crippen LogP) is 3.85. The lowest BCUT2D eigenvalue weighted by Gasteiger charge is -2.34. The van der Waals surface area contributed by atoms with Gasteiger partial charge in [0.15, 0.2) is 11.5 Å². The Kier molecular flexibility index (Phi) is 5.70. The summed E-state index contributed by atoms with van der Waals surface area (Å²) in [7, 11) is 2.16. The Morgan fingerprint density at radius 1 is 1.05 bits per heavy atom. The average Bonchev–Trinajstić information content (AvgIpc) is 3.52. The van der Waals surface area contributed by atoms with Gasteiger partial charge in [0, 0.05) is 55.4 Å². The first-order valence-corrected chi connectivity index (χ1v) is 13.3. The maximum Gasteiger partial charge on any atom is 0.180 e. The molecule has 38 heavy (non-hydrogen) atoms. The lowest BCUT2D eigenvalue weighted by molar-refractivity contribution is 0.0851. The van der Waals surface area contributed by atoms with Gasteiger partial charge in [-0.2, -0.15) is 5.10 Å². The van der Waals surface area contributed by atoms with E-state index in [1.54, 1.807) is 6.20 Å². The molecule has 10 heteroatoms. The molecule has 4 N–H and O–H groups in total. The normalized spacial score (nSPS) is 17.7. The second kappa shape index (κ2) is 9.38. The Bertz CT molecular complexity index is 1600. The number of piperazine rings is 1. The van der Waals surface area contributed by atoms with Crippen molar-refractivity contribution in [2.45, 2.75) is 25.5 Å². The van der Waals surface area contributed by atoms with E-state index in [9.17, 15) is 5.11 Å². The number of aromatic amines is 2. The van der Waals surface area contributed by atoms with Crippen LogP contribution in [-0.4, -0.2) is 79.6 Å². The van der Waals surface area contributed by atoms with E-state index in [1.165, 1.54) is 6.42 Å². The first-order chi connectivity index (χ1) is 18.6. The minimum absolute atomic E-state index is 0.318. The summed E-state index contributed by atoms with van der Waals surface area (Å²) in [5.41, 5.74) is 7.24. The van der Waals surface area contributed by atoms with Crippen LogP contribution in [0, 0.1) is 5.92 Å². The van der Waals surface area contributed by atoms with Crippen LogP contribution in [0.25, 0.3) is 44.7 Å². The van der Waals surface area contributed by atoms with Crippen LogP contribution < -0.4 is 10.2 Å². The number of aliphatic hydroxyl groups excluding tert-OH is 1. The van der Waals surface area contributed by atoms with E-state index >= 15 is 0 Å². The van der Waals surface area contributed by atoms with Crippen molar-refractivity contribution < 1.29 is 5.11 Å². The van der Waals surface area contributed by atoms with E-state index in [-0.39, 0.29) is 0 Å². The lowest BCUT2D eigenvalue weighted by atomic mass is 9.84. The number of imidazole rings is 1. The number of aliphatic hydroxyl groups is 1. The Labute approximate surface area is 220 Å². The fraction of sp³-hybridized carbons (Fsp3) is 0.357. The first-order valence-electron chi connectivity index (χ1n) is 13.3. The zero-order valence-electron chi connectivity index (χ0n) is 21.4. The molecule has 7 rings (SSSR count). The molecule has 1 atom stereocenters. The second-order valence-corrected chi connectivity index (χ2v) is 10.5. The van der Waals surface area contributed by atoms with Crippen molar-refractivity contribution in [3.05, 3.63) is 48.9 Å². The van der Waals surface area contributed by atoms with Gasteiger partial charge >= 0.3 is 0 Å². The van der Waals surface area contributed by atoms with Crippen LogP contribution in [0.5, 0.6) is 0 Å². The number of nitrogens with one attached hydrogen (secondary N) is 3. The topological polar surface area (TPSA) is 122 Å². The highest BCUT2D eigenvalue weighted by atomic mass is 16.3. The van der Waals surface area contributed by atoms with Crippen LogP contribution >= 0.6 is 0 Å². The van der Waals surface area contributed by atoms with Gasteiger partial charge in [0.2, 0.25) is 0 Å². The molecular weight excluding hydrogens is 478 g/mol. The smallest absolute Gasteiger partial charge is 0.180 e. The molecule has 4 aromatic heterocycles. The molecule has 0 spiro atoms. The van der Waals surface area contributed by atoms with Crippen molar-refractivity contribution in [1.29, 1.82) is 0 Å². The quantitative estimate of drug-likeness (QED) is 0.255. The van der Waals surface area contributed by atoms with Crippen LogP contribution in [-0.2, 0) is 0 Å². The number of likely N-dealkylation sites (N-methyl/N-ethyl adjacent to an activating group) is 1. The van der Waals surface area contributed by atoms with Crippen molar-refractivity contribution in [3.63, 3.8) is 0 Å². The molecule has 0 radical (unpaired) electrons. The number of fused-ring (bicyclic) bond motifs is 2. The molecule has 1 aliphatic heterocycles. The highest BCUT2D eigenvalue weighted by Crippen LogP contribution is 2.34. The van der Waals surface area contributed by atoms with Crippen LogP contribution in [0.4, 0.5) is 11.4 Å². The van der Waals surface area contributed by atoms with Crippen molar-refractivity contribution in [3.8, 4) is 22.6 Å². The molecule has 5 heterocycles. The summed E-state index contributed by atoms with van der Waals surface area (Å²) < 4.78 is 0. The molecule has 0 bridgehead atoms. The molecule has 194 valence electrons. The molecule has 5 aromatic rings. The molecule has 10 nitrogen and oxygen atoms in total. The number of H-pyrrole nitrogens is 2. The van der Waals surface area contributed by atoms with Gasteiger partial charge < -0.3 is 25.2 Å². The maximum atomic E-state index is 10.5. The van der Waals surface area contributed by atoms with Crippen molar-refractivity contribution >= 4 is 33.4 Å². The fourth-order valence-electron chi connectivity index (χ4n) is 5.42. The van der Waals surface area contributed by atoms with Gasteiger partial charge in [0.1, 0.15) is 17.4 Å². The molecule has 2 fully saturated rings. The molecule has 1 saturated heterocycles. The maximum absolute atomic E-state index is 10.5. The van der Waals surface area contributed by atoms with Crippen LogP contribution in [0.15, 0.2) is 48.9 Å². The number of pyridine rings is 2. The van der Waals surface area contributed by atoms with Crippen LogP contribution in [0.2, 0.25) is 0 Å². The van der Waals surface area contributed by atoms with Gasteiger partial charge in [-0.15, -0.1) is 0 Å². The first kappa shape index (κ1) is 23.1. The van der Waals surface area contributed by atoms with Gasteiger partial charge in [-0.3, -0.25) is 10.1 Å². The number of hydrogen-bond acceptors (Lipinski definition) is 8. The lowest BCUT2D eigenvalue weighted by Crippen LogP contribution is -2.44. The third-order valence-electron chi connectivity index (χ3n) is 7.98. The number of anilines is 2. The molecule has 1 unspecified atom stereocenters. The van der Waals surface area contributed by atoms with E-state index in [1.807, 2.05) is 24.5 Å². The summed E-state index contributed by atoms with van der Waals surface area (Å²) in [5.74, 6) is 1.01. The Morgan fingerprint density at radius 2 is 1.92 bits per heavy atom. The number of benzene rings is 1. The number of hydrogen-bond donors (Lipinski definition) is 4. The second-order valence-electron chi connectivity index (χ2n) is 10.5. The van der Waals surface area contributed by atoms with Gasteiger partial charge in [0.25, 0.3) is 0 Å². The number of nitrogens with zero attached hydrogens (tertiary/aromatic N) is 6. The van der Waals surface area contributed by atoms with Crippen molar-refractivity contribution in [2.75, 3.05) is 43.4 Å². The summed E-state index contributed by atoms with van der Waals surface area (Å²) >= 11 is 0. The van der Waals surface area contributed by atoms with Crippen LogP contribution in [0.3, 0.4) is 0 Å². The third-order valence-corrected chi connectivity index (χ3v) is 7.98. The fourth-order valence-corrected chi connectivity index (χ4v) is 5.42. The van der Waals surface area contributed by atoms with E-state index in [0.717, 1.165) is 83.6 Å². The highest BCUT2D eigenvalue weighted by Gasteiger charge is 2.25. The van der Waals surface area contributed by atoms with Gasteiger partial charge in [0.05, 0.1) is 23.1 Å². The zero-order chi connectivity index (χ0) is 25.6. The van der Waals surface area contributed by atoms with Gasteiger partial charge in [-0.1, -0.05) is 12.5 Å². The summed E-state index contributed by atoms with van der Waals surface area (Å²) in [6, 6.07) is 10.3. The Morgan fingerprint density at radius 3 is 2.74 bits per heavy atom. The van der Waals surface area contributed by atoms with Crippen LogP contribution in [0.1, 0.15) is 19.3 Å². The summed E-state index contributed by atoms with van der Waals surface area (Å²) in [4.78, 5) is 22.0. The molecule has 0 amide bonds. The minimum atomic E-state index is -0.541. The number of aromatic nitrogens is 6. The summed E-state index contributed by atoms with van der Waals surface area (Å²) in [6.45, 7) is 4.00. The molecule has 1 saturated carbocycles. The van der Waals surface area contributed by atoms with Gasteiger partial charge in [-0.05, 0) is 49.7 Å². The number of rotatable bonds is 6. The Hall–Kier alpha value is -4.02. The molecule has 1 aliphatic carbocycles. The third kappa shape index (κ3) is 4.15. The zero-order valence-corrected chi connectivity index (χ0v) is 21.4. The monoisotopic (exact) mass is 509 g/mol. The molecular formula is C28H31N9O. The largest absolute Gasteiger partial charge is 0.374 e. The summed E-state index contributed by atoms with van der Waals surface area (Å²) in [6.07, 6.45) is 8.21. The highest BCUT2D eigenvalue weighted by molar-refractivity contribution is 5.96. The average molecular weight is 510 g/mol. The molecule has 2 aliphatic rings. The standard InChI is InChI=1S/C28H31N9O/c1-36-9-11-37(12-10-36)23-7-8-30-26-25(23)32-27(33-26)24-21-14-18(5-6-22(21)34-35-24)19-13-20(16-29-15-19)31-28(38)17-3-2-4-17/h5-8,13-17,28,31,38H,2-4,9-12H2,1H3,(H,34,35)(H,30,32,33).